The van der Waals surface area contributed by atoms with Crippen LogP contribution in [0.4, 0.5) is 0 Å². The standard InChI is InChI=1S/C21H36N4O5S/c1-4-9-23-13-15-24(16-14-23)10-5-8-22-19(26)18-17(2)20(27)30-21(18)6-11-25(12-7-21)31(3,28)29/h4-16H2,1-3H3,(H,22,26). The zero-order valence-corrected chi connectivity index (χ0v) is 19.8. The molecule has 10 heteroatoms. The number of amides is 1. The highest BCUT2D eigenvalue weighted by Crippen LogP contribution is 2.41. The normalized spacial score (nSPS) is 23.4. The van der Waals surface area contributed by atoms with Gasteiger partial charge in [0, 0.05) is 64.2 Å². The molecule has 0 aromatic rings. The topological polar surface area (TPSA) is 99.3 Å². The summed E-state index contributed by atoms with van der Waals surface area (Å²) in [5.74, 6) is -0.758. The van der Waals surface area contributed by atoms with Crippen LogP contribution in [0.5, 0.6) is 0 Å². The zero-order chi connectivity index (χ0) is 22.6. The minimum atomic E-state index is -3.30. The first-order valence-corrected chi connectivity index (χ1v) is 13.1. The number of carbonyl (C=O) groups is 2. The van der Waals surface area contributed by atoms with Crippen LogP contribution < -0.4 is 5.32 Å². The van der Waals surface area contributed by atoms with Crippen molar-refractivity contribution in [3.63, 3.8) is 0 Å². The van der Waals surface area contributed by atoms with Gasteiger partial charge in [-0.05, 0) is 32.9 Å². The molecule has 0 radical (unpaired) electrons. The molecule has 3 heterocycles. The van der Waals surface area contributed by atoms with Gasteiger partial charge in [-0.1, -0.05) is 6.92 Å². The van der Waals surface area contributed by atoms with E-state index in [0.717, 1.165) is 45.7 Å². The fourth-order valence-electron chi connectivity index (χ4n) is 4.80. The molecule has 0 aromatic carbocycles. The van der Waals surface area contributed by atoms with Crippen LogP contribution >= 0.6 is 0 Å². The van der Waals surface area contributed by atoms with Crippen LogP contribution in [0.25, 0.3) is 0 Å². The first kappa shape index (κ1) is 24.2. The molecule has 0 atom stereocenters. The number of nitrogens with zero attached hydrogens (tertiary/aromatic N) is 3. The van der Waals surface area contributed by atoms with Gasteiger partial charge in [-0.25, -0.2) is 17.5 Å². The van der Waals surface area contributed by atoms with E-state index in [1.54, 1.807) is 6.92 Å². The number of esters is 1. The van der Waals surface area contributed by atoms with Gasteiger partial charge in [-0.2, -0.15) is 0 Å². The molecule has 1 spiro atoms. The second-order valence-electron chi connectivity index (χ2n) is 8.84. The number of piperazine rings is 1. The van der Waals surface area contributed by atoms with E-state index in [1.807, 2.05) is 0 Å². The van der Waals surface area contributed by atoms with Crippen LogP contribution in [-0.4, -0.2) is 105 Å². The van der Waals surface area contributed by atoms with Crippen molar-refractivity contribution in [3.05, 3.63) is 11.1 Å². The molecule has 9 nitrogen and oxygen atoms in total. The molecule has 3 rings (SSSR count). The Morgan fingerprint density at radius 1 is 1.06 bits per heavy atom. The minimum Gasteiger partial charge on any atom is -0.450 e. The van der Waals surface area contributed by atoms with E-state index in [2.05, 4.69) is 22.0 Å². The highest BCUT2D eigenvalue weighted by molar-refractivity contribution is 7.88. The summed E-state index contributed by atoms with van der Waals surface area (Å²) in [6.45, 7) is 11.2. The summed E-state index contributed by atoms with van der Waals surface area (Å²) in [7, 11) is -3.30. The molecule has 1 amide bonds. The second-order valence-corrected chi connectivity index (χ2v) is 10.8. The molecule has 1 N–H and O–H groups in total. The van der Waals surface area contributed by atoms with Crippen LogP contribution in [0.15, 0.2) is 11.1 Å². The van der Waals surface area contributed by atoms with Crippen LogP contribution in [0.3, 0.4) is 0 Å². The van der Waals surface area contributed by atoms with Gasteiger partial charge >= 0.3 is 5.97 Å². The Morgan fingerprint density at radius 3 is 2.19 bits per heavy atom. The van der Waals surface area contributed by atoms with Crippen LogP contribution in [0.2, 0.25) is 0 Å². The van der Waals surface area contributed by atoms with Gasteiger partial charge in [0.15, 0.2) is 0 Å². The molecule has 3 aliphatic heterocycles. The SMILES string of the molecule is CCCN1CCN(CCCNC(=O)C2=C(C)C(=O)OC23CCN(S(C)(=O)=O)CC3)CC1. The van der Waals surface area contributed by atoms with Gasteiger partial charge in [0.1, 0.15) is 5.60 Å². The fraction of sp³-hybridized carbons (Fsp3) is 0.810. The Kier molecular flexibility index (Phi) is 7.77. The predicted molar refractivity (Wildman–Crippen MR) is 118 cm³/mol. The number of sulfonamides is 1. The summed E-state index contributed by atoms with van der Waals surface area (Å²) in [6, 6.07) is 0. The van der Waals surface area contributed by atoms with E-state index >= 15 is 0 Å². The highest BCUT2D eigenvalue weighted by atomic mass is 32.2. The molecule has 31 heavy (non-hydrogen) atoms. The highest BCUT2D eigenvalue weighted by Gasteiger charge is 2.51. The molecule has 0 bridgehead atoms. The van der Waals surface area contributed by atoms with E-state index in [4.69, 9.17) is 4.74 Å². The van der Waals surface area contributed by atoms with E-state index in [-0.39, 0.29) is 19.0 Å². The summed E-state index contributed by atoms with van der Waals surface area (Å²) in [6.07, 6.45) is 3.79. The van der Waals surface area contributed by atoms with Gasteiger partial charge in [-0.3, -0.25) is 4.79 Å². The average molecular weight is 457 g/mol. The number of ether oxygens (including phenoxy) is 1. The van der Waals surface area contributed by atoms with Crippen LogP contribution in [0.1, 0.15) is 39.5 Å². The van der Waals surface area contributed by atoms with Gasteiger partial charge in [0.05, 0.1) is 11.8 Å². The molecular weight excluding hydrogens is 420 g/mol. The lowest BCUT2D eigenvalue weighted by Crippen LogP contribution is -2.50. The maximum atomic E-state index is 13.0. The Morgan fingerprint density at radius 2 is 1.65 bits per heavy atom. The van der Waals surface area contributed by atoms with E-state index in [1.165, 1.54) is 17.0 Å². The molecule has 2 saturated heterocycles. The maximum absolute atomic E-state index is 13.0. The summed E-state index contributed by atoms with van der Waals surface area (Å²) < 4.78 is 30.6. The quantitative estimate of drug-likeness (QED) is 0.411. The molecule has 0 aromatic heterocycles. The fourth-order valence-corrected chi connectivity index (χ4v) is 5.65. The summed E-state index contributed by atoms with van der Waals surface area (Å²) in [5, 5.41) is 2.96. The van der Waals surface area contributed by atoms with Crippen molar-refractivity contribution >= 4 is 21.9 Å². The first-order chi connectivity index (χ1) is 14.7. The number of piperidine rings is 1. The zero-order valence-electron chi connectivity index (χ0n) is 19.0. The monoisotopic (exact) mass is 456 g/mol. The van der Waals surface area contributed by atoms with Crippen molar-refractivity contribution in [2.24, 2.45) is 0 Å². The summed E-state index contributed by atoms with van der Waals surface area (Å²) >= 11 is 0. The van der Waals surface area contributed by atoms with E-state index in [0.29, 0.717) is 30.5 Å². The number of carbonyl (C=O) groups excluding carboxylic acids is 2. The predicted octanol–water partition coefficient (Wildman–Crippen LogP) is 0.188. The third kappa shape index (κ3) is 5.66. The van der Waals surface area contributed by atoms with Crippen molar-refractivity contribution < 1.29 is 22.7 Å². The van der Waals surface area contributed by atoms with Gasteiger partial charge < -0.3 is 19.9 Å². The Hall–Kier alpha value is -1.49. The summed E-state index contributed by atoms with van der Waals surface area (Å²) in [5.41, 5.74) is -0.307. The lowest BCUT2D eigenvalue weighted by Gasteiger charge is -2.38. The molecule has 176 valence electrons. The van der Waals surface area contributed by atoms with Crippen molar-refractivity contribution in [3.8, 4) is 0 Å². The number of hydrogen-bond acceptors (Lipinski definition) is 7. The first-order valence-electron chi connectivity index (χ1n) is 11.3. The van der Waals surface area contributed by atoms with Crippen molar-refractivity contribution in [1.82, 2.24) is 19.4 Å². The molecular formula is C21H36N4O5S. The third-order valence-corrected chi connectivity index (χ3v) is 7.90. The minimum absolute atomic E-state index is 0.236. The third-order valence-electron chi connectivity index (χ3n) is 6.59. The maximum Gasteiger partial charge on any atom is 0.335 e. The Labute approximate surface area is 185 Å². The van der Waals surface area contributed by atoms with Crippen molar-refractivity contribution in [1.29, 1.82) is 0 Å². The van der Waals surface area contributed by atoms with E-state index in [9.17, 15) is 18.0 Å². The largest absolute Gasteiger partial charge is 0.450 e. The molecule has 0 aliphatic carbocycles. The molecule has 2 fully saturated rings. The summed E-state index contributed by atoms with van der Waals surface area (Å²) in [4.78, 5) is 30.1. The van der Waals surface area contributed by atoms with Crippen molar-refractivity contribution in [2.75, 3.05) is 65.2 Å². The van der Waals surface area contributed by atoms with Crippen LogP contribution in [-0.2, 0) is 24.3 Å². The number of nitrogens with one attached hydrogen (secondary N) is 1. The van der Waals surface area contributed by atoms with Crippen LogP contribution in [0, 0.1) is 0 Å². The molecule has 3 aliphatic rings. The van der Waals surface area contributed by atoms with Gasteiger partial charge in [-0.15, -0.1) is 0 Å². The van der Waals surface area contributed by atoms with Crippen molar-refractivity contribution in [2.45, 2.75) is 45.1 Å². The lowest BCUT2D eigenvalue weighted by molar-refractivity contribution is -0.150. The lowest BCUT2D eigenvalue weighted by atomic mass is 9.83. The second kappa shape index (κ2) is 9.97. The van der Waals surface area contributed by atoms with Gasteiger partial charge in [0.2, 0.25) is 10.0 Å². The Balaban J connectivity index is 1.50. The van der Waals surface area contributed by atoms with Gasteiger partial charge in [0.25, 0.3) is 5.91 Å². The molecule has 0 unspecified atom stereocenters. The number of hydrogen-bond donors (Lipinski definition) is 1. The smallest absolute Gasteiger partial charge is 0.335 e. The Bertz CT molecular complexity index is 810. The number of rotatable bonds is 8. The average Bonchev–Trinajstić information content (AvgIpc) is 2.95. The molecule has 0 saturated carbocycles. The van der Waals surface area contributed by atoms with E-state index < -0.39 is 21.6 Å².